The SMILES string of the molecule is Cn1cnc(-c2ccccc2)c1-c1nc2c(NC(=O)c3ccccc3C(=O)c3ccccc3)ncnc2s1. The average Bonchev–Trinajstić information content (AvgIpc) is 3.57. The minimum atomic E-state index is -0.454. The second-order valence-corrected chi connectivity index (χ2v) is 9.49. The number of amides is 1. The maximum atomic E-state index is 13.4. The van der Waals surface area contributed by atoms with Crippen molar-refractivity contribution in [2.75, 3.05) is 5.32 Å². The molecule has 3 aromatic heterocycles. The van der Waals surface area contributed by atoms with E-state index in [1.165, 1.54) is 17.7 Å². The molecule has 0 radical (unpaired) electrons. The molecular formula is C29H20N6O2S. The van der Waals surface area contributed by atoms with Crippen LogP contribution in [0.1, 0.15) is 26.3 Å². The van der Waals surface area contributed by atoms with Crippen molar-refractivity contribution in [2.45, 2.75) is 0 Å². The minimum Gasteiger partial charge on any atom is -0.331 e. The first-order valence-corrected chi connectivity index (χ1v) is 12.6. The summed E-state index contributed by atoms with van der Waals surface area (Å²) in [7, 11) is 1.91. The first-order valence-electron chi connectivity index (χ1n) is 11.8. The molecule has 0 bridgehead atoms. The Morgan fingerprint density at radius 2 is 1.50 bits per heavy atom. The number of carbonyl (C=O) groups excluding carboxylic acids is 2. The molecule has 0 aliphatic rings. The van der Waals surface area contributed by atoms with E-state index in [1.54, 1.807) is 54.9 Å². The summed E-state index contributed by atoms with van der Waals surface area (Å²) in [6.45, 7) is 0. The number of aryl methyl sites for hydroxylation is 1. The fourth-order valence-corrected chi connectivity index (χ4v) is 5.23. The molecule has 0 aliphatic heterocycles. The van der Waals surface area contributed by atoms with E-state index >= 15 is 0 Å². The lowest BCUT2D eigenvalue weighted by atomic mass is 9.98. The average molecular weight is 517 g/mol. The van der Waals surface area contributed by atoms with Crippen molar-refractivity contribution in [1.82, 2.24) is 24.5 Å². The van der Waals surface area contributed by atoms with Gasteiger partial charge in [0.2, 0.25) is 0 Å². The number of imidazole rings is 1. The van der Waals surface area contributed by atoms with Crippen molar-refractivity contribution in [3.05, 3.63) is 114 Å². The molecule has 0 atom stereocenters. The molecule has 0 unspecified atom stereocenters. The zero-order valence-electron chi connectivity index (χ0n) is 20.2. The number of nitrogens with zero attached hydrogens (tertiary/aromatic N) is 5. The number of benzene rings is 3. The van der Waals surface area contributed by atoms with Crippen LogP contribution in [0.15, 0.2) is 97.6 Å². The van der Waals surface area contributed by atoms with Gasteiger partial charge in [-0.3, -0.25) is 9.59 Å². The monoisotopic (exact) mass is 516 g/mol. The van der Waals surface area contributed by atoms with E-state index in [1.807, 2.05) is 48.0 Å². The summed E-state index contributed by atoms with van der Waals surface area (Å²) < 4.78 is 1.91. The standard InChI is InChI=1S/C29H20N6O2S/c1-35-17-32-22(18-10-4-2-5-11-18)24(35)29-33-23-26(30-16-31-28(23)38-29)34-27(37)21-15-9-8-14-20(21)25(36)19-12-6-3-7-13-19/h2-17H,1H3,(H,30,31,34,37). The largest absolute Gasteiger partial charge is 0.331 e. The molecule has 0 spiro atoms. The lowest BCUT2D eigenvalue weighted by molar-refractivity contribution is 0.0996. The van der Waals surface area contributed by atoms with Crippen molar-refractivity contribution < 1.29 is 9.59 Å². The number of rotatable bonds is 6. The van der Waals surface area contributed by atoms with Crippen LogP contribution in [-0.4, -0.2) is 36.2 Å². The Labute approximate surface area is 221 Å². The fraction of sp³-hybridized carbons (Fsp3) is 0.0345. The third-order valence-corrected chi connectivity index (χ3v) is 7.04. The van der Waals surface area contributed by atoms with Crippen molar-refractivity contribution in [3.63, 3.8) is 0 Å². The van der Waals surface area contributed by atoms with Gasteiger partial charge in [-0.25, -0.2) is 19.9 Å². The quantitative estimate of drug-likeness (QED) is 0.288. The summed E-state index contributed by atoms with van der Waals surface area (Å²) in [6, 6.07) is 25.5. The fourth-order valence-electron chi connectivity index (χ4n) is 4.24. The molecule has 1 amide bonds. The van der Waals surface area contributed by atoms with Crippen LogP contribution in [0.3, 0.4) is 0 Å². The minimum absolute atomic E-state index is 0.232. The second kappa shape index (κ2) is 9.79. The summed E-state index contributed by atoms with van der Waals surface area (Å²) in [5, 5.41) is 3.55. The molecule has 6 rings (SSSR count). The van der Waals surface area contributed by atoms with Crippen LogP contribution in [0.2, 0.25) is 0 Å². The predicted molar refractivity (Wildman–Crippen MR) is 147 cm³/mol. The maximum Gasteiger partial charge on any atom is 0.257 e. The summed E-state index contributed by atoms with van der Waals surface area (Å²) in [6.07, 6.45) is 3.14. The number of fused-ring (bicyclic) bond motifs is 1. The number of hydrogen-bond acceptors (Lipinski definition) is 7. The van der Waals surface area contributed by atoms with Crippen LogP contribution >= 0.6 is 11.3 Å². The van der Waals surface area contributed by atoms with Gasteiger partial charge >= 0.3 is 0 Å². The van der Waals surface area contributed by atoms with Crippen LogP contribution in [0.5, 0.6) is 0 Å². The van der Waals surface area contributed by atoms with Gasteiger partial charge in [-0.05, 0) is 6.07 Å². The van der Waals surface area contributed by atoms with Gasteiger partial charge in [0.1, 0.15) is 27.4 Å². The van der Waals surface area contributed by atoms with Gasteiger partial charge in [-0.1, -0.05) is 90.2 Å². The van der Waals surface area contributed by atoms with Crippen LogP contribution in [0.4, 0.5) is 5.82 Å². The number of hydrogen-bond donors (Lipinski definition) is 1. The van der Waals surface area contributed by atoms with E-state index in [2.05, 4.69) is 20.3 Å². The normalized spacial score (nSPS) is 11.0. The zero-order chi connectivity index (χ0) is 26.1. The molecule has 3 heterocycles. The van der Waals surface area contributed by atoms with Crippen molar-refractivity contribution in [1.29, 1.82) is 0 Å². The predicted octanol–water partition coefficient (Wildman–Crippen LogP) is 5.64. The van der Waals surface area contributed by atoms with Crippen molar-refractivity contribution in [3.8, 4) is 22.0 Å². The van der Waals surface area contributed by atoms with Gasteiger partial charge in [0, 0.05) is 23.7 Å². The number of thiazole rings is 1. The molecule has 0 saturated heterocycles. The summed E-state index contributed by atoms with van der Waals surface area (Å²) >= 11 is 1.39. The first-order chi connectivity index (χ1) is 18.6. The van der Waals surface area contributed by atoms with Crippen LogP contribution < -0.4 is 5.32 Å². The molecular weight excluding hydrogens is 496 g/mol. The molecule has 0 saturated carbocycles. The summed E-state index contributed by atoms with van der Waals surface area (Å²) in [4.78, 5) is 45.2. The van der Waals surface area contributed by atoms with Crippen LogP contribution in [0.25, 0.3) is 32.3 Å². The Morgan fingerprint density at radius 1 is 0.816 bits per heavy atom. The van der Waals surface area contributed by atoms with E-state index in [0.29, 0.717) is 26.5 Å². The Bertz CT molecular complexity index is 1790. The lowest BCUT2D eigenvalue weighted by Gasteiger charge is -2.09. The molecule has 0 fully saturated rings. The molecule has 184 valence electrons. The highest BCUT2D eigenvalue weighted by Gasteiger charge is 2.22. The second-order valence-electron chi connectivity index (χ2n) is 8.51. The van der Waals surface area contributed by atoms with E-state index in [0.717, 1.165) is 17.0 Å². The molecule has 0 aliphatic carbocycles. The zero-order valence-corrected chi connectivity index (χ0v) is 21.0. The van der Waals surface area contributed by atoms with E-state index in [-0.39, 0.29) is 17.2 Å². The summed E-state index contributed by atoms with van der Waals surface area (Å²) in [5.74, 6) is -0.414. The smallest absolute Gasteiger partial charge is 0.257 e. The van der Waals surface area contributed by atoms with Crippen molar-refractivity contribution in [2.24, 2.45) is 7.05 Å². The topological polar surface area (TPSA) is 103 Å². The van der Waals surface area contributed by atoms with Crippen LogP contribution in [0, 0.1) is 0 Å². The van der Waals surface area contributed by atoms with Gasteiger partial charge in [0.25, 0.3) is 5.91 Å². The molecule has 9 heteroatoms. The number of ketones is 1. The Kier molecular flexibility index (Phi) is 6.03. The van der Waals surface area contributed by atoms with Crippen molar-refractivity contribution >= 4 is 39.2 Å². The Morgan fingerprint density at radius 3 is 2.26 bits per heavy atom. The molecule has 3 aromatic carbocycles. The van der Waals surface area contributed by atoms with E-state index in [4.69, 9.17) is 4.98 Å². The lowest BCUT2D eigenvalue weighted by Crippen LogP contribution is -2.18. The number of carbonyl (C=O) groups is 2. The summed E-state index contributed by atoms with van der Waals surface area (Å²) in [5.41, 5.74) is 4.15. The Balaban J connectivity index is 1.36. The van der Waals surface area contributed by atoms with Gasteiger partial charge in [-0.15, -0.1) is 0 Å². The Hall–Kier alpha value is -5.02. The molecule has 8 nitrogen and oxygen atoms in total. The van der Waals surface area contributed by atoms with Gasteiger partial charge < -0.3 is 9.88 Å². The number of anilines is 1. The van der Waals surface area contributed by atoms with E-state index in [9.17, 15) is 9.59 Å². The van der Waals surface area contributed by atoms with Gasteiger partial charge in [0.15, 0.2) is 11.6 Å². The molecule has 1 N–H and O–H groups in total. The highest BCUT2D eigenvalue weighted by Crippen LogP contribution is 2.36. The van der Waals surface area contributed by atoms with Gasteiger partial charge in [-0.2, -0.15) is 0 Å². The first kappa shape index (κ1) is 23.4. The highest BCUT2D eigenvalue weighted by molar-refractivity contribution is 7.21. The highest BCUT2D eigenvalue weighted by atomic mass is 32.1. The molecule has 6 aromatic rings. The van der Waals surface area contributed by atoms with Crippen LogP contribution in [-0.2, 0) is 7.05 Å². The molecule has 38 heavy (non-hydrogen) atoms. The number of aromatic nitrogens is 5. The van der Waals surface area contributed by atoms with Gasteiger partial charge in [0.05, 0.1) is 17.6 Å². The third-order valence-electron chi connectivity index (χ3n) is 6.07. The maximum absolute atomic E-state index is 13.4. The number of nitrogens with one attached hydrogen (secondary N) is 1. The van der Waals surface area contributed by atoms with E-state index < -0.39 is 5.91 Å². The third kappa shape index (κ3) is 4.25.